The van der Waals surface area contributed by atoms with Crippen molar-refractivity contribution in [3.05, 3.63) is 40.8 Å². The van der Waals surface area contributed by atoms with Crippen LogP contribution in [0, 0.1) is 6.92 Å². The molecule has 1 aromatic carbocycles. The fourth-order valence-electron chi connectivity index (χ4n) is 2.45. The van der Waals surface area contributed by atoms with Crippen LogP contribution in [-0.2, 0) is 9.53 Å². The fraction of sp³-hybridized carbons (Fsp3) is 0.222. The smallest absolute Gasteiger partial charge is 0.348 e. The van der Waals surface area contributed by atoms with Gasteiger partial charge in [0.15, 0.2) is 5.82 Å². The lowest BCUT2D eigenvalue weighted by Crippen LogP contribution is -2.12. The standard InChI is InChI=1S/C18H17N3O3S/c1-4-12(22)19-16-13-10(2)14(18(23)24-3)25-17(13)21-15(20-16)11-8-6-5-7-9-11/h5-9H,4H2,1-3H3,(H,19,20,21,22). The van der Waals surface area contributed by atoms with E-state index < -0.39 is 5.97 Å². The summed E-state index contributed by atoms with van der Waals surface area (Å²) in [5.74, 6) is 0.343. The second-order valence-electron chi connectivity index (χ2n) is 5.39. The number of hydrogen-bond donors (Lipinski definition) is 1. The molecule has 0 radical (unpaired) electrons. The third kappa shape index (κ3) is 3.23. The van der Waals surface area contributed by atoms with Crippen LogP contribution in [0.4, 0.5) is 5.82 Å². The Labute approximate surface area is 148 Å². The van der Waals surface area contributed by atoms with Gasteiger partial charge in [0.05, 0.1) is 12.5 Å². The summed E-state index contributed by atoms with van der Waals surface area (Å²) in [5, 5.41) is 3.49. The monoisotopic (exact) mass is 355 g/mol. The molecule has 6 nitrogen and oxygen atoms in total. The summed E-state index contributed by atoms with van der Waals surface area (Å²) in [6, 6.07) is 9.49. The maximum atomic E-state index is 12.0. The van der Waals surface area contributed by atoms with Gasteiger partial charge in [-0.1, -0.05) is 37.3 Å². The molecule has 2 heterocycles. The molecule has 0 aliphatic rings. The minimum absolute atomic E-state index is 0.149. The Hall–Kier alpha value is -2.80. The summed E-state index contributed by atoms with van der Waals surface area (Å²) >= 11 is 1.24. The van der Waals surface area contributed by atoms with Crippen LogP contribution in [0.1, 0.15) is 28.6 Å². The molecule has 7 heteroatoms. The van der Waals surface area contributed by atoms with Gasteiger partial charge >= 0.3 is 5.97 Å². The molecular weight excluding hydrogens is 338 g/mol. The number of hydrogen-bond acceptors (Lipinski definition) is 6. The number of rotatable bonds is 4. The Morgan fingerprint density at radius 2 is 1.92 bits per heavy atom. The predicted molar refractivity (Wildman–Crippen MR) is 97.8 cm³/mol. The number of fused-ring (bicyclic) bond motifs is 1. The molecule has 0 bridgehead atoms. The molecule has 25 heavy (non-hydrogen) atoms. The van der Waals surface area contributed by atoms with Gasteiger partial charge in [-0.05, 0) is 12.5 Å². The fourth-order valence-corrected chi connectivity index (χ4v) is 3.55. The number of thiophene rings is 1. The molecule has 1 amide bonds. The highest BCUT2D eigenvalue weighted by molar-refractivity contribution is 7.20. The van der Waals surface area contributed by atoms with Crippen molar-refractivity contribution < 1.29 is 14.3 Å². The van der Waals surface area contributed by atoms with Gasteiger partial charge < -0.3 is 10.1 Å². The van der Waals surface area contributed by atoms with E-state index in [1.807, 2.05) is 30.3 Å². The van der Waals surface area contributed by atoms with E-state index in [0.717, 1.165) is 5.56 Å². The predicted octanol–water partition coefficient (Wildman–Crippen LogP) is 3.80. The number of carbonyl (C=O) groups excluding carboxylic acids is 2. The molecule has 3 rings (SSSR count). The average molecular weight is 355 g/mol. The van der Waals surface area contributed by atoms with E-state index in [0.29, 0.717) is 38.7 Å². The van der Waals surface area contributed by atoms with Crippen molar-refractivity contribution in [2.24, 2.45) is 0 Å². The van der Waals surface area contributed by atoms with Crippen molar-refractivity contribution in [2.75, 3.05) is 12.4 Å². The zero-order valence-corrected chi connectivity index (χ0v) is 14.9. The quantitative estimate of drug-likeness (QED) is 0.720. The Bertz CT molecular complexity index is 951. The van der Waals surface area contributed by atoms with Gasteiger partial charge in [0.25, 0.3) is 0 Å². The van der Waals surface area contributed by atoms with Gasteiger partial charge in [-0.2, -0.15) is 0 Å². The molecule has 0 saturated heterocycles. The van der Waals surface area contributed by atoms with E-state index in [1.165, 1.54) is 18.4 Å². The summed E-state index contributed by atoms with van der Waals surface area (Å²) in [6.45, 7) is 3.57. The number of carbonyl (C=O) groups is 2. The lowest BCUT2D eigenvalue weighted by Gasteiger charge is -2.08. The van der Waals surface area contributed by atoms with Crippen LogP contribution in [-0.4, -0.2) is 29.0 Å². The normalized spacial score (nSPS) is 10.7. The number of aryl methyl sites for hydroxylation is 1. The Kier molecular flexibility index (Phi) is 4.76. The molecule has 0 aliphatic carbocycles. The molecule has 0 saturated carbocycles. The third-order valence-corrected chi connectivity index (χ3v) is 4.94. The summed E-state index contributed by atoms with van der Waals surface area (Å²) in [7, 11) is 1.34. The minimum atomic E-state index is -0.422. The first-order chi connectivity index (χ1) is 12.0. The van der Waals surface area contributed by atoms with Crippen molar-refractivity contribution in [1.82, 2.24) is 9.97 Å². The lowest BCUT2D eigenvalue weighted by molar-refractivity contribution is -0.115. The van der Waals surface area contributed by atoms with Crippen LogP contribution in [0.15, 0.2) is 30.3 Å². The molecule has 128 valence electrons. The summed E-state index contributed by atoms with van der Waals surface area (Å²) in [5.41, 5.74) is 1.54. The number of aromatic nitrogens is 2. The number of ether oxygens (including phenoxy) is 1. The topological polar surface area (TPSA) is 81.2 Å². The van der Waals surface area contributed by atoms with E-state index in [1.54, 1.807) is 13.8 Å². The SMILES string of the molecule is CCC(=O)Nc1nc(-c2ccccc2)nc2sc(C(=O)OC)c(C)c12. The molecular formula is C18H17N3O3S. The van der Waals surface area contributed by atoms with Crippen molar-refractivity contribution in [2.45, 2.75) is 20.3 Å². The largest absolute Gasteiger partial charge is 0.465 e. The molecule has 0 fully saturated rings. The number of methoxy groups -OCH3 is 1. The molecule has 0 atom stereocenters. The minimum Gasteiger partial charge on any atom is -0.465 e. The Balaban J connectivity index is 2.25. The first-order valence-corrected chi connectivity index (χ1v) is 8.61. The Morgan fingerprint density at radius 1 is 1.20 bits per heavy atom. The van der Waals surface area contributed by atoms with Gasteiger partial charge in [-0.15, -0.1) is 11.3 Å². The van der Waals surface area contributed by atoms with Gasteiger partial charge in [0, 0.05) is 12.0 Å². The summed E-state index contributed by atoms with van der Waals surface area (Å²) < 4.78 is 4.84. The van der Waals surface area contributed by atoms with E-state index in [9.17, 15) is 9.59 Å². The van der Waals surface area contributed by atoms with Gasteiger partial charge in [0.2, 0.25) is 5.91 Å². The Morgan fingerprint density at radius 3 is 2.56 bits per heavy atom. The van der Waals surface area contributed by atoms with Crippen LogP contribution in [0.2, 0.25) is 0 Å². The third-order valence-electron chi connectivity index (χ3n) is 3.77. The first kappa shape index (κ1) is 17.0. The number of anilines is 1. The molecule has 0 aliphatic heterocycles. The second kappa shape index (κ2) is 6.98. The highest BCUT2D eigenvalue weighted by Crippen LogP contribution is 2.35. The molecule has 3 aromatic rings. The number of amides is 1. The maximum Gasteiger partial charge on any atom is 0.348 e. The average Bonchev–Trinajstić information content (AvgIpc) is 2.98. The number of benzene rings is 1. The zero-order valence-electron chi connectivity index (χ0n) is 14.1. The van der Waals surface area contributed by atoms with E-state index >= 15 is 0 Å². The number of nitrogens with zero attached hydrogens (tertiary/aromatic N) is 2. The maximum absolute atomic E-state index is 12.0. The van der Waals surface area contributed by atoms with Crippen LogP contribution in [0.3, 0.4) is 0 Å². The van der Waals surface area contributed by atoms with Crippen molar-refractivity contribution in [1.29, 1.82) is 0 Å². The van der Waals surface area contributed by atoms with E-state index in [-0.39, 0.29) is 5.91 Å². The lowest BCUT2D eigenvalue weighted by atomic mass is 10.1. The van der Waals surface area contributed by atoms with Crippen molar-refractivity contribution >= 4 is 39.2 Å². The second-order valence-corrected chi connectivity index (χ2v) is 6.39. The number of nitrogens with one attached hydrogen (secondary N) is 1. The highest BCUT2D eigenvalue weighted by atomic mass is 32.1. The van der Waals surface area contributed by atoms with Gasteiger partial charge in [-0.3, -0.25) is 4.79 Å². The summed E-state index contributed by atoms with van der Waals surface area (Å²) in [6.07, 6.45) is 0.333. The van der Waals surface area contributed by atoms with Crippen molar-refractivity contribution in [3.63, 3.8) is 0 Å². The number of esters is 1. The molecule has 2 aromatic heterocycles. The van der Waals surface area contributed by atoms with Crippen LogP contribution in [0.25, 0.3) is 21.6 Å². The van der Waals surface area contributed by atoms with Crippen LogP contribution in [0.5, 0.6) is 0 Å². The van der Waals surface area contributed by atoms with Crippen molar-refractivity contribution in [3.8, 4) is 11.4 Å². The highest BCUT2D eigenvalue weighted by Gasteiger charge is 2.22. The van der Waals surface area contributed by atoms with Crippen LogP contribution >= 0.6 is 11.3 Å². The van der Waals surface area contributed by atoms with Gasteiger partial charge in [-0.25, -0.2) is 14.8 Å². The zero-order chi connectivity index (χ0) is 18.0. The van der Waals surface area contributed by atoms with Gasteiger partial charge in [0.1, 0.15) is 15.5 Å². The van der Waals surface area contributed by atoms with Crippen LogP contribution < -0.4 is 5.32 Å². The molecule has 1 N–H and O–H groups in total. The molecule has 0 spiro atoms. The first-order valence-electron chi connectivity index (χ1n) is 7.79. The summed E-state index contributed by atoms with van der Waals surface area (Å²) in [4.78, 5) is 34.1. The van der Waals surface area contributed by atoms with E-state index in [4.69, 9.17) is 4.74 Å². The van der Waals surface area contributed by atoms with E-state index in [2.05, 4.69) is 15.3 Å². The molecule has 0 unspecified atom stereocenters.